The zero-order chi connectivity index (χ0) is 14.7. The number of amides is 2. The monoisotopic (exact) mass is 358 g/mol. The van der Waals surface area contributed by atoms with Crippen LogP contribution in [0.25, 0.3) is 0 Å². The number of carbonyl (C=O) groups is 2. The first-order valence-electron chi connectivity index (χ1n) is 6.49. The highest BCUT2D eigenvalue weighted by Gasteiger charge is 2.21. The Bertz CT molecular complexity index is 536. The van der Waals surface area contributed by atoms with Crippen LogP contribution in [0.5, 0.6) is 0 Å². The van der Waals surface area contributed by atoms with Crippen LogP contribution >= 0.6 is 27.5 Å². The van der Waals surface area contributed by atoms with Crippen LogP contribution in [-0.2, 0) is 4.79 Å². The van der Waals surface area contributed by atoms with Crippen LogP contribution in [0.1, 0.15) is 23.7 Å². The maximum Gasteiger partial charge on any atom is 0.253 e. The van der Waals surface area contributed by atoms with E-state index in [9.17, 15) is 9.59 Å². The van der Waals surface area contributed by atoms with Crippen molar-refractivity contribution in [2.75, 3.05) is 26.2 Å². The van der Waals surface area contributed by atoms with E-state index in [2.05, 4.69) is 15.9 Å². The maximum absolute atomic E-state index is 12.4. The largest absolute Gasteiger partial charge is 0.341 e. The van der Waals surface area contributed by atoms with Crippen molar-refractivity contribution in [3.05, 3.63) is 33.3 Å². The molecule has 0 saturated carbocycles. The molecule has 0 atom stereocenters. The Morgan fingerprint density at radius 1 is 1.15 bits per heavy atom. The summed E-state index contributed by atoms with van der Waals surface area (Å²) in [5.74, 6) is 0.0239. The number of benzene rings is 1. The Labute approximate surface area is 131 Å². The molecule has 0 bridgehead atoms. The van der Waals surface area contributed by atoms with Gasteiger partial charge in [0, 0.05) is 43.1 Å². The summed E-state index contributed by atoms with van der Waals surface area (Å²) in [6.07, 6.45) is 0.801. The molecule has 1 aliphatic rings. The van der Waals surface area contributed by atoms with Crippen LogP contribution in [0.2, 0.25) is 5.02 Å². The summed E-state index contributed by atoms with van der Waals surface area (Å²) in [6, 6.07) is 5.20. The molecule has 0 unspecified atom stereocenters. The van der Waals surface area contributed by atoms with E-state index in [1.54, 1.807) is 34.9 Å². The summed E-state index contributed by atoms with van der Waals surface area (Å²) >= 11 is 9.33. The summed E-state index contributed by atoms with van der Waals surface area (Å²) in [6.45, 7) is 4.08. The molecule has 0 spiro atoms. The van der Waals surface area contributed by atoms with Gasteiger partial charge in [-0.1, -0.05) is 11.6 Å². The fraction of sp³-hybridized carbons (Fsp3) is 0.429. The molecule has 6 heteroatoms. The Morgan fingerprint density at radius 3 is 2.45 bits per heavy atom. The van der Waals surface area contributed by atoms with E-state index >= 15 is 0 Å². The first kappa shape index (κ1) is 15.3. The third-order valence-electron chi connectivity index (χ3n) is 3.39. The molecule has 1 aliphatic heterocycles. The molecule has 1 fully saturated rings. The number of hydrogen-bond acceptors (Lipinski definition) is 2. The molecule has 108 valence electrons. The Kier molecular flexibility index (Phi) is 5.05. The Morgan fingerprint density at radius 2 is 1.80 bits per heavy atom. The van der Waals surface area contributed by atoms with E-state index in [1.807, 2.05) is 0 Å². The van der Waals surface area contributed by atoms with Gasteiger partial charge in [0.15, 0.2) is 0 Å². The van der Waals surface area contributed by atoms with Crippen molar-refractivity contribution in [1.82, 2.24) is 9.80 Å². The third-order valence-corrected chi connectivity index (χ3v) is 4.63. The molecule has 1 aromatic carbocycles. The second kappa shape index (κ2) is 6.59. The predicted octanol–water partition coefficient (Wildman–Crippen LogP) is 2.80. The highest BCUT2D eigenvalue weighted by Crippen LogP contribution is 2.24. The minimum Gasteiger partial charge on any atom is -0.341 e. The second-order valence-electron chi connectivity index (χ2n) is 4.78. The lowest BCUT2D eigenvalue weighted by atomic mass is 10.2. The van der Waals surface area contributed by atoms with Gasteiger partial charge in [-0.25, -0.2) is 0 Å². The Balaban J connectivity index is 2.09. The molecule has 4 nitrogen and oxygen atoms in total. The van der Waals surface area contributed by atoms with E-state index in [4.69, 9.17) is 11.6 Å². The van der Waals surface area contributed by atoms with Gasteiger partial charge < -0.3 is 9.80 Å². The van der Waals surface area contributed by atoms with Gasteiger partial charge in [0.1, 0.15) is 0 Å². The molecule has 1 aromatic rings. The van der Waals surface area contributed by atoms with Gasteiger partial charge in [-0.15, -0.1) is 0 Å². The smallest absolute Gasteiger partial charge is 0.253 e. The quantitative estimate of drug-likeness (QED) is 0.773. The second-order valence-corrected chi connectivity index (χ2v) is 6.04. The van der Waals surface area contributed by atoms with Crippen LogP contribution in [0.4, 0.5) is 0 Å². The van der Waals surface area contributed by atoms with Gasteiger partial charge in [0.05, 0.1) is 5.02 Å². The van der Waals surface area contributed by atoms with E-state index < -0.39 is 0 Å². The van der Waals surface area contributed by atoms with E-state index in [0.29, 0.717) is 36.8 Å². The van der Waals surface area contributed by atoms with Gasteiger partial charge in [-0.2, -0.15) is 0 Å². The predicted molar refractivity (Wildman–Crippen MR) is 81.9 cm³/mol. The van der Waals surface area contributed by atoms with Gasteiger partial charge in [-0.05, 0) is 40.5 Å². The minimum atomic E-state index is -0.0372. The fourth-order valence-corrected chi connectivity index (χ4v) is 2.67. The lowest BCUT2D eigenvalue weighted by Crippen LogP contribution is -2.36. The SMILES string of the molecule is CC(=O)N1CCCN(C(=O)c2ccc(Br)c(Cl)c2)CC1. The molecule has 0 aliphatic carbocycles. The number of nitrogens with zero attached hydrogens (tertiary/aromatic N) is 2. The van der Waals surface area contributed by atoms with Crippen molar-refractivity contribution >= 4 is 39.3 Å². The number of hydrogen-bond donors (Lipinski definition) is 0. The topological polar surface area (TPSA) is 40.6 Å². The lowest BCUT2D eigenvalue weighted by molar-refractivity contribution is -0.128. The molecular weight excluding hydrogens is 344 g/mol. The zero-order valence-corrected chi connectivity index (χ0v) is 13.6. The normalized spacial score (nSPS) is 15.9. The van der Waals surface area contributed by atoms with Crippen LogP contribution in [0.3, 0.4) is 0 Å². The van der Waals surface area contributed by atoms with Crippen molar-refractivity contribution in [1.29, 1.82) is 0 Å². The van der Waals surface area contributed by atoms with E-state index in [0.717, 1.165) is 10.9 Å². The first-order chi connectivity index (χ1) is 9.49. The summed E-state index contributed by atoms with van der Waals surface area (Å²) in [4.78, 5) is 27.4. The summed E-state index contributed by atoms with van der Waals surface area (Å²) in [7, 11) is 0. The summed E-state index contributed by atoms with van der Waals surface area (Å²) in [5.41, 5.74) is 0.578. The van der Waals surface area contributed by atoms with Crippen molar-refractivity contribution < 1.29 is 9.59 Å². The molecule has 2 amide bonds. The summed E-state index contributed by atoms with van der Waals surface area (Å²) < 4.78 is 0.773. The standard InChI is InChI=1S/C14H16BrClN2O2/c1-10(19)17-5-2-6-18(8-7-17)14(20)11-3-4-12(15)13(16)9-11/h3-4,9H,2,5-8H2,1H3. The molecule has 0 radical (unpaired) electrons. The molecule has 0 N–H and O–H groups in total. The minimum absolute atomic E-state index is 0.0372. The maximum atomic E-state index is 12.4. The number of halogens is 2. The third kappa shape index (κ3) is 3.52. The number of rotatable bonds is 1. The van der Waals surface area contributed by atoms with Crippen LogP contribution in [0.15, 0.2) is 22.7 Å². The highest BCUT2D eigenvalue weighted by atomic mass is 79.9. The zero-order valence-electron chi connectivity index (χ0n) is 11.2. The van der Waals surface area contributed by atoms with Gasteiger partial charge in [0.2, 0.25) is 5.91 Å². The highest BCUT2D eigenvalue weighted by molar-refractivity contribution is 9.10. The van der Waals surface area contributed by atoms with Crippen LogP contribution in [0, 0.1) is 0 Å². The molecule has 1 saturated heterocycles. The molecular formula is C14H16BrClN2O2. The average molecular weight is 360 g/mol. The molecule has 20 heavy (non-hydrogen) atoms. The van der Waals surface area contributed by atoms with Crippen molar-refractivity contribution in [2.45, 2.75) is 13.3 Å². The van der Waals surface area contributed by atoms with Gasteiger partial charge in [0.25, 0.3) is 5.91 Å². The molecule has 2 rings (SSSR count). The first-order valence-corrected chi connectivity index (χ1v) is 7.66. The summed E-state index contributed by atoms with van der Waals surface area (Å²) in [5, 5.41) is 0.524. The lowest BCUT2D eigenvalue weighted by Gasteiger charge is -2.21. The van der Waals surface area contributed by atoms with E-state index in [1.165, 1.54) is 0 Å². The van der Waals surface area contributed by atoms with Crippen LogP contribution < -0.4 is 0 Å². The van der Waals surface area contributed by atoms with Gasteiger partial charge >= 0.3 is 0 Å². The number of carbonyl (C=O) groups excluding carboxylic acids is 2. The molecule has 0 aromatic heterocycles. The van der Waals surface area contributed by atoms with Crippen molar-refractivity contribution in [2.24, 2.45) is 0 Å². The van der Waals surface area contributed by atoms with Crippen molar-refractivity contribution in [3.8, 4) is 0 Å². The Hall–Kier alpha value is -1.07. The van der Waals surface area contributed by atoms with Crippen molar-refractivity contribution in [3.63, 3.8) is 0 Å². The van der Waals surface area contributed by atoms with Crippen LogP contribution in [-0.4, -0.2) is 47.8 Å². The average Bonchev–Trinajstić information content (AvgIpc) is 2.67. The van der Waals surface area contributed by atoms with E-state index in [-0.39, 0.29) is 11.8 Å². The molecule has 1 heterocycles. The fourth-order valence-electron chi connectivity index (χ4n) is 2.25. The van der Waals surface area contributed by atoms with Gasteiger partial charge in [-0.3, -0.25) is 9.59 Å².